The number of carboxylic acids is 1. The molecule has 0 fully saturated rings. The van der Waals surface area contributed by atoms with Gasteiger partial charge in [0.1, 0.15) is 0 Å². The average molecular weight is 148 g/mol. The van der Waals surface area contributed by atoms with Gasteiger partial charge in [0.05, 0.1) is 6.20 Å². The predicted molar refractivity (Wildman–Crippen MR) is 28.5 cm³/mol. The first-order valence-electron chi connectivity index (χ1n) is 2.05. The Morgan fingerprint density at radius 1 is 1.89 bits per heavy atom. The fraction of sp³-hybridized carbons (Fsp3) is 0. The average Bonchev–Trinajstić information content (AvgIpc) is 2.14. The van der Waals surface area contributed by atoms with Crippen LogP contribution in [0.25, 0.3) is 0 Å². The molecule has 0 aromatic carbocycles. The maximum atomic E-state index is 10.00. The zero-order valence-corrected chi connectivity index (χ0v) is 4.92. The van der Waals surface area contributed by atoms with Crippen molar-refractivity contribution in [2.45, 2.75) is 0 Å². The van der Waals surface area contributed by atoms with Crippen molar-refractivity contribution in [2.24, 2.45) is 0 Å². The number of hydrogen-bond acceptors (Lipinski definition) is 3. The number of rotatable bonds is 1. The van der Waals surface area contributed by atoms with E-state index in [1.54, 1.807) is 0 Å². The van der Waals surface area contributed by atoms with E-state index in [0.717, 1.165) is 6.20 Å². The molecule has 0 bridgehead atoms. The summed E-state index contributed by atoms with van der Waals surface area (Å²) in [4.78, 5) is 13.3. The molecule has 0 aliphatic carbocycles. The van der Waals surface area contributed by atoms with E-state index in [1.807, 2.05) is 0 Å². The number of oxazole rings is 1. The van der Waals surface area contributed by atoms with Crippen LogP contribution in [0.2, 0.25) is 5.22 Å². The maximum Gasteiger partial charge on any atom is 0.392 e. The van der Waals surface area contributed by atoms with Crippen LogP contribution in [0.3, 0.4) is 0 Å². The second-order valence-corrected chi connectivity index (χ2v) is 1.65. The second-order valence-electron chi connectivity index (χ2n) is 1.27. The molecular weight excluding hydrogens is 146 g/mol. The molecule has 0 aliphatic rings. The van der Waals surface area contributed by atoms with Gasteiger partial charge in [-0.05, 0) is 11.6 Å². The van der Waals surface area contributed by atoms with Crippen LogP contribution in [0, 0.1) is 0 Å². The largest absolute Gasteiger partial charge is 0.474 e. The highest BCUT2D eigenvalue weighted by Gasteiger charge is 2.08. The van der Waals surface area contributed by atoms with E-state index in [9.17, 15) is 4.79 Å². The van der Waals surface area contributed by atoms with Crippen LogP contribution in [-0.4, -0.2) is 16.1 Å². The van der Waals surface area contributed by atoms with Crippen molar-refractivity contribution in [3.8, 4) is 0 Å². The predicted octanol–water partition coefficient (Wildman–Crippen LogP) is 1.03. The third-order valence-corrected chi connectivity index (χ3v) is 0.835. The molecule has 0 spiro atoms. The highest BCUT2D eigenvalue weighted by molar-refractivity contribution is 6.28. The standard InChI is InChI=1S/C4H2ClNO3/c5-2-1-6-3(9-2)4(7)8/h1H,(H,7,8). The van der Waals surface area contributed by atoms with Gasteiger partial charge in [-0.25, -0.2) is 9.78 Å². The van der Waals surface area contributed by atoms with Crippen molar-refractivity contribution >= 4 is 17.6 Å². The Balaban J connectivity index is 2.98. The van der Waals surface area contributed by atoms with Crippen molar-refractivity contribution in [1.82, 2.24) is 4.98 Å². The van der Waals surface area contributed by atoms with Crippen LogP contribution in [0.15, 0.2) is 10.6 Å². The fourth-order valence-electron chi connectivity index (χ4n) is 0.353. The summed E-state index contributed by atoms with van der Waals surface area (Å²) in [6.45, 7) is 0. The lowest BCUT2D eigenvalue weighted by Crippen LogP contribution is -1.94. The summed E-state index contributed by atoms with van der Waals surface area (Å²) in [7, 11) is 0. The molecule has 1 heterocycles. The molecule has 0 unspecified atom stereocenters. The van der Waals surface area contributed by atoms with Gasteiger partial charge in [-0.2, -0.15) is 0 Å². The van der Waals surface area contributed by atoms with Crippen LogP contribution in [0.5, 0.6) is 0 Å². The zero-order chi connectivity index (χ0) is 6.85. The van der Waals surface area contributed by atoms with E-state index >= 15 is 0 Å². The third kappa shape index (κ3) is 1.20. The normalized spacial score (nSPS) is 9.44. The Labute approximate surface area is 55.1 Å². The van der Waals surface area contributed by atoms with Crippen LogP contribution >= 0.6 is 11.6 Å². The zero-order valence-electron chi connectivity index (χ0n) is 4.17. The number of carbonyl (C=O) groups is 1. The van der Waals surface area contributed by atoms with Crippen molar-refractivity contribution in [3.63, 3.8) is 0 Å². The third-order valence-electron chi connectivity index (χ3n) is 0.660. The molecule has 4 nitrogen and oxygen atoms in total. The molecule has 1 aromatic rings. The summed E-state index contributed by atoms with van der Waals surface area (Å²) in [5, 5.41) is 8.16. The van der Waals surface area contributed by atoms with E-state index in [0.29, 0.717) is 0 Å². The lowest BCUT2D eigenvalue weighted by Gasteiger charge is -1.78. The summed E-state index contributed by atoms with van der Waals surface area (Å²) in [5.41, 5.74) is 0. The Morgan fingerprint density at radius 2 is 2.56 bits per heavy atom. The van der Waals surface area contributed by atoms with Crippen LogP contribution < -0.4 is 0 Å². The highest BCUT2D eigenvalue weighted by atomic mass is 35.5. The number of carboxylic acid groups (broad SMARTS) is 1. The van der Waals surface area contributed by atoms with Gasteiger partial charge in [0.25, 0.3) is 0 Å². The minimum atomic E-state index is -1.22. The molecule has 9 heavy (non-hydrogen) atoms. The molecule has 48 valence electrons. The van der Waals surface area contributed by atoms with Crippen molar-refractivity contribution < 1.29 is 14.3 Å². The number of halogens is 1. The molecule has 1 aromatic heterocycles. The van der Waals surface area contributed by atoms with Crippen molar-refractivity contribution in [1.29, 1.82) is 0 Å². The Bertz CT molecular complexity index is 231. The monoisotopic (exact) mass is 147 g/mol. The van der Waals surface area contributed by atoms with Gasteiger partial charge in [-0.3, -0.25) is 0 Å². The SMILES string of the molecule is O=C(O)c1ncc(Cl)o1. The smallest absolute Gasteiger partial charge is 0.392 e. The number of aromatic carboxylic acids is 1. The van der Waals surface area contributed by atoms with E-state index < -0.39 is 5.97 Å². The van der Waals surface area contributed by atoms with Gasteiger partial charge >= 0.3 is 11.9 Å². The van der Waals surface area contributed by atoms with Gasteiger partial charge in [0.15, 0.2) is 0 Å². The van der Waals surface area contributed by atoms with E-state index in [1.165, 1.54) is 0 Å². The summed E-state index contributed by atoms with van der Waals surface area (Å²) < 4.78 is 4.40. The molecule has 1 rings (SSSR count). The minimum absolute atomic E-state index is 0.0209. The molecular formula is C4H2ClNO3. The minimum Gasteiger partial charge on any atom is -0.474 e. The summed E-state index contributed by atoms with van der Waals surface area (Å²) in [5.74, 6) is -1.61. The molecule has 0 amide bonds. The first-order valence-corrected chi connectivity index (χ1v) is 2.42. The topological polar surface area (TPSA) is 63.3 Å². The molecule has 0 atom stereocenters. The van der Waals surface area contributed by atoms with Gasteiger partial charge < -0.3 is 9.52 Å². The molecule has 5 heteroatoms. The van der Waals surface area contributed by atoms with Crippen molar-refractivity contribution in [3.05, 3.63) is 17.3 Å². The van der Waals surface area contributed by atoms with Crippen molar-refractivity contribution in [2.75, 3.05) is 0 Å². The van der Waals surface area contributed by atoms with E-state index in [2.05, 4.69) is 9.40 Å². The molecule has 1 N–H and O–H groups in total. The fourth-order valence-corrected chi connectivity index (χ4v) is 0.475. The molecule has 0 radical (unpaired) electrons. The first-order chi connectivity index (χ1) is 4.20. The lowest BCUT2D eigenvalue weighted by atomic mass is 10.7. The first kappa shape index (κ1) is 6.10. The summed E-state index contributed by atoms with van der Waals surface area (Å²) in [6.07, 6.45) is 1.13. The van der Waals surface area contributed by atoms with E-state index in [-0.39, 0.29) is 11.1 Å². The van der Waals surface area contributed by atoms with Gasteiger partial charge in [-0.15, -0.1) is 0 Å². The Hall–Kier alpha value is -1.03. The quantitative estimate of drug-likeness (QED) is 0.644. The van der Waals surface area contributed by atoms with Crippen LogP contribution in [0.1, 0.15) is 10.7 Å². The van der Waals surface area contributed by atoms with Gasteiger partial charge in [-0.1, -0.05) is 0 Å². The highest BCUT2D eigenvalue weighted by Crippen LogP contribution is 2.08. The number of hydrogen-bond donors (Lipinski definition) is 1. The Kier molecular flexibility index (Phi) is 1.40. The second kappa shape index (κ2) is 2.06. The molecule has 0 aliphatic heterocycles. The maximum absolute atomic E-state index is 10.00. The summed E-state index contributed by atoms with van der Waals surface area (Å²) in [6, 6.07) is 0. The molecule has 0 saturated heterocycles. The van der Waals surface area contributed by atoms with Crippen LogP contribution in [0.4, 0.5) is 0 Å². The van der Waals surface area contributed by atoms with E-state index in [4.69, 9.17) is 16.7 Å². The van der Waals surface area contributed by atoms with Gasteiger partial charge in [0, 0.05) is 0 Å². The van der Waals surface area contributed by atoms with Crippen LogP contribution in [-0.2, 0) is 0 Å². The lowest BCUT2D eigenvalue weighted by molar-refractivity contribution is 0.0654. The summed E-state index contributed by atoms with van der Waals surface area (Å²) >= 11 is 5.21. The van der Waals surface area contributed by atoms with Gasteiger partial charge in [0.2, 0.25) is 5.22 Å². The Morgan fingerprint density at radius 3 is 2.78 bits per heavy atom. The number of aromatic nitrogens is 1. The molecule has 0 saturated carbocycles. The number of nitrogens with zero attached hydrogens (tertiary/aromatic N) is 1.